The summed E-state index contributed by atoms with van der Waals surface area (Å²) in [5.41, 5.74) is 3.09. The Morgan fingerprint density at radius 2 is 1.89 bits per heavy atom. The van der Waals surface area contributed by atoms with E-state index < -0.39 is 0 Å². The van der Waals surface area contributed by atoms with Gasteiger partial charge in [-0.1, -0.05) is 22.0 Å². The fourth-order valence-corrected chi connectivity index (χ4v) is 4.58. The molecule has 3 rings (SSSR count). The highest BCUT2D eigenvalue weighted by Gasteiger charge is 2.22. The van der Waals surface area contributed by atoms with Gasteiger partial charge >= 0.3 is 0 Å². The zero-order valence-corrected chi connectivity index (χ0v) is 13.0. The molecule has 0 aromatic heterocycles. The van der Waals surface area contributed by atoms with Crippen LogP contribution in [0.4, 0.5) is 0 Å². The molecule has 2 aliphatic rings. The van der Waals surface area contributed by atoms with Gasteiger partial charge in [0.15, 0.2) is 0 Å². The molecule has 0 amide bonds. The fourth-order valence-electron chi connectivity index (χ4n) is 3.06. The molecule has 1 fully saturated rings. The van der Waals surface area contributed by atoms with Crippen LogP contribution in [0, 0.1) is 0 Å². The van der Waals surface area contributed by atoms with E-state index >= 15 is 0 Å². The average molecular weight is 326 g/mol. The van der Waals surface area contributed by atoms with Gasteiger partial charge in [-0.2, -0.15) is 11.8 Å². The zero-order valence-electron chi connectivity index (χ0n) is 10.6. The minimum Gasteiger partial charge on any atom is -0.311 e. The number of rotatable bonds is 2. The van der Waals surface area contributed by atoms with Crippen molar-refractivity contribution >= 4 is 27.7 Å². The molecule has 1 unspecified atom stereocenters. The average Bonchev–Trinajstić information content (AvgIpc) is 2.40. The quantitative estimate of drug-likeness (QED) is 0.887. The number of benzene rings is 1. The highest BCUT2D eigenvalue weighted by molar-refractivity contribution is 9.10. The van der Waals surface area contributed by atoms with Crippen molar-refractivity contribution in [3.05, 3.63) is 33.8 Å². The number of hydrogen-bond donors (Lipinski definition) is 1. The van der Waals surface area contributed by atoms with Gasteiger partial charge in [-0.25, -0.2) is 0 Å². The molecule has 1 saturated heterocycles. The van der Waals surface area contributed by atoms with Crippen molar-refractivity contribution in [1.82, 2.24) is 5.32 Å². The lowest BCUT2D eigenvalue weighted by atomic mass is 9.88. The molecule has 1 aromatic carbocycles. The summed E-state index contributed by atoms with van der Waals surface area (Å²) in [6.45, 7) is 0. The van der Waals surface area contributed by atoms with Crippen molar-refractivity contribution in [3.8, 4) is 0 Å². The van der Waals surface area contributed by atoms with Crippen LogP contribution in [-0.2, 0) is 12.8 Å². The predicted molar refractivity (Wildman–Crippen MR) is 83.4 cm³/mol. The van der Waals surface area contributed by atoms with E-state index in [0.29, 0.717) is 6.04 Å². The third kappa shape index (κ3) is 3.12. The molecule has 1 nitrogen and oxygen atoms in total. The van der Waals surface area contributed by atoms with Crippen molar-refractivity contribution < 1.29 is 0 Å². The van der Waals surface area contributed by atoms with Crippen LogP contribution in [-0.4, -0.2) is 23.6 Å². The summed E-state index contributed by atoms with van der Waals surface area (Å²) in [5.74, 6) is 2.68. The van der Waals surface area contributed by atoms with E-state index in [9.17, 15) is 0 Å². The Kier molecular flexibility index (Phi) is 4.32. The molecule has 0 bridgehead atoms. The summed E-state index contributed by atoms with van der Waals surface area (Å²) in [4.78, 5) is 0. The lowest BCUT2D eigenvalue weighted by molar-refractivity contribution is 0.377. The van der Waals surface area contributed by atoms with E-state index in [4.69, 9.17) is 0 Å². The first kappa shape index (κ1) is 13.0. The third-order valence-corrected chi connectivity index (χ3v) is 5.63. The van der Waals surface area contributed by atoms with Crippen LogP contribution in [0.25, 0.3) is 0 Å². The topological polar surface area (TPSA) is 12.0 Å². The van der Waals surface area contributed by atoms with Crippen molar-refractivity contribution in [2.24, 2.45) is 0 Å². The molecule has 0 spiro atoms. The van der Waals surface area contributed by atoms with E-state index in [2.05, 4.69) is 51.2 Å². The van der Waals surface area contributed by atoms with E-state index in [1.165, 1.54) is 48.1 Å². The number of aryl methyl sites for hydroxylation is 1. The first-order valence-corrected chi connectivity index (χ1v) is 8.87. The Balaban J connectivity index is 1.62. The Hall–Kier alpha value is 0.01000. The number of nitrogens with one attached hydrogen (secondary N) is 1. The summed E-state index contributed by atoms with van der Waals surface area (Å²) in [7, 11) is 0. The SMILES string of the molecule is Brc1ccc2c(c1)CCC(NC1CCSCC1)C2. The molecule has 1 heterocycles. The molecule has 0 radical (unpaired) electrons. The second-order valence-corrected chi connectivity index (χ2v) is 7.55. The van der Waals surface area contributed by atoms with Crippen molar-refractivity contribution in [2.75, 3.05) is 11.5 Å². The van der Waals surface area contributed by atoms with Crippen LogP contribution in [0.2, 0.25) is 0 Å². The van der Waals surface area contributed by atoms with E-state index in [-0.39, 0.29) is 0 Å². The maximum absolute atomic E-state index is 3.89. The summed E-state index contributed by atoms with van der Waals surface area (Å²) in [6, 6.07) is 8.24. The molecular weight excluding hydrogens is 306 g/mol. The maximum Gasteiger partial charge on any atom is 0.0178 e. The first-order chi connectivity index (χ1) is 8.81. The standard InChI is InChI=1S/C15H20BrNS/c16-13-3-1-12-10-15(4-2-11(12)9-13)17-14-5-7-18-8-6-14/h1,3,9,14-15,17H,2,4-8,10H2. The minimum atomic E-state index is 0.701. The van der Waals surface area contributed by atoms with Crippen LogP contribution in [0.1, 0.15) is 30.4 Å². The maximum atomic E-state index is 3.89. The van der Waals surface area contributed by atoms with Crippen LogP contribution in [0.3, 0.4) is 0 Å². The smallest absolute Gasteiger partial charge is 0.0178 e. The van der Waals surface area contributed by atoms with Gasteiger partial charge in [-0.3, -0.25) is 0 Å². The number of halogens is 1. The van der Waals surface area contributed by atoms with Gasteiger partial charge in [-0.15, -0.1) is 0 Å². The summed E-state index contributed by atoms with van der Waals surface area (Å²) in [6.07, 6.45) is 6.45. The first-order valence-electron chi connectivity index (χ1n) is 6.92. The molecule has 98 valence electrons. The normalized spacial score (nSPS) is 24.8. The molecule has 1 aliphatic carbocycles. The van der Waals surface area contributed by atoms with E-state index in [1.54, 1.807) is 11.1 Å². The Bertz CT molecular complexity index is 415. The molecule has 0 saturated carbocycles. The van der Waals surface area contributed by atoms with Gasteiger partial charge in [0.2, 0.25) is 0 Å². The lowest BCUT2D eigenvalue weighted by Crippen LogP contribution is -2.43. The number of hydrogen-bond acceptors (Lipinski definition) is 2. The largest absolute Gasteiger partial charge is 0.311 e. The summed E-state index contributed by atoms with van der Waals surface area (Å²) in [5, 5.41) is 3.89. The van der Waals surface area contributed by atoms with Crippen molar-refractivity contribution in [1.29, 1.82) is 0 Å². The van der Waals surface area contributed by atoms with Gasteiger partial charge in [0, 0.05) is 16.6 Å². The number of thioether (sulfide) groups is 1. The Morgan fingerprint density at radius 1 is 1.06 bits per heavy atom. The molecule has 3 heteroatoms. The molecule has 1 N–H and O–H groups in total. The second-order valence-electron chi connectivity index (χ2n) is 5.41. The van der Waals surface area contributed by atoms with Gasteiger partial charge in [0.25, 0.3) is 0 Å². The van der Waals surface area contributed by atoms with Crippen molar-refractivity contribution in [2.45, 2.75) is 44.2 Å². The molecular formula is C15H20BrNS. The van der Waals surface area contributed by atoms with Gasteiger partial charge in [0.1, 0.15) is 0 Å². The monoisotopic (exact) mass is 325 g/mol. The van der Waals surface area contributed by atoms with Crippen molar-refractivity contribution in [3.63, 3.8) is 0 Å². The summed E-state index contributed by atoms with van der Waals surface area (Å²) < 4.78 is 1.22. The van der Waals surface area contributed by atoms with Gasteiger partial charge in [-0.05, 0) is 66.9 Å². The molecule has 1 aliphatic heterocycles. The lowest BCUT2D eigenvalue weighted by Gasteiger charge is -2.31. The van der Waals surface area contributed by atoms with Crippen LogP contribution in [0.15, 0.2) is 22.7 Å². The van der Waals surface area contributed by atoms with Crippen LogP contribution in [0.5, 0.6) is 0 Å². The minimum absolute atomic E-state index is 0.701. The molecule has 18 heavy (non-hydrogen) atoms. The number of fused-ring (bicyclic) bond motifs is 1. The second kappa shape index (κ2) is 5.98. The Labute approximate surface area is 122 Å². The van der Waals surface area contributed by atoms with Gasteiger partial charge < -0.3 is 5.32 Å². The van der Waals surface area contributed by atoms with E-state index in [1.807, 2.05) is 0 Å². The third-order valence-electron chi connectivity index (χ3n) is 4.09. The van der Waals surface area contributed by atoms with Crippen LogP contribution >= 0.6 is 27.7 Å². The molecule has 1 aromatic rings. The Morgan fingerprint density at radius 3 is 2.72 bits per heavy atom. The van der Waals surface area contributed by atoms with E-state index in [0.717, 1.165) is 6.04 Å². The highest BCUT2D eigenvalue weighted by Crippen LogP contribution is 2.26. The predicted octanol–water partition coefficient (Wildman–Crippen LogP) is 3.79. The van der Waals surface area contributed by atoms with Crippen LogP contribution < -0.4 is 5.32 Å². The van der Waals surface area contributed by atoms with Gasteiger partial charge in [0.05, 0.1) is 0 Å². The highest BCUT2D eigenvalue weighted by atomic mass is 79.9. The fraction of sp³-hybridized carbons (Fsp3) is 0.600. The zero-order chi connectivity index (χ0) is 12.4. The summed E-state index contributed by atoms with van der Waals surface area (Å²) >= 11 is 5.67. The molecule has 1 atom stereocenters.